The third-order valence-corrected chi connectivity index (χ3v) is 4.54. The van der Waals surface area contributed by atoms with Gasteiger partial charge in [0.25, 0.3) is 5.91 Å². The first-order valence-corrected chi connectivity index (χ1v) is 9.34. The molecular weight excluding hydrogens is 338 g/mol. The molecule has 1 amide bonds. The molecule has 0 aromatic heterocycles. The molecule has 0 saturated heterocycles. The van der Waals surface area contributed by atoms with Gasteiger partial charge >= 0.3 is 5.97 Å². The summed E-state index contributed by atoms with van der Waals surface area (Å²) in [6.07, 6.45) is 0.761. The Morgan fingerprint density at radius 2 is 1.59 bits per heavy atom. The monoisotopic (exact) mass is 367 g/mol. The minimum absolute atomic E-state index is 0.0213. The van der Waals surface area contributed by atoms with Gasteiger partial charge in [0, 0.05) is 0 Å². The number of carbonyl (C=O) groups excluding carboxylic acids is 2. The Kier molecular flexibility index (Phi) is 6.78. The molecule has 0 radical (unpaired) electrons. The molecule has 0 aliphatic carbocycles. The fourth-order valence-corrected chi connectivity index (χ4v) is 2.78. The van der Waals surface area contributed by atoms with Crippen LogP contribution in [-0.2, 0) is 14.9 Å². The molecule has 0 heterocycles. The molecule has 0 fully saturated rings. The lowest BCUT2D eigenvalue weighted by Crippen LogP contribution is -2.32. The third-order valence-electron chi connectivity index (χ3n) is 4.54. The lowest BCUT2D eigenvalue weighted by molar-refractivity contribution is -0.125. The molecule has 0 aliphatic rings. The van der Waals surface area contributed by atoms with Gasteiger partial charge in [-0.25, -0.2) is 4.79 Å². The Hall–Kier alpha value is -2.62. The van der Waals surface area contributed by atoms with Crippen molar-refractivity contribution < 1.29 is 14.3 Å². The van der Waals surface area contributed by atoms with Gasteiger partial charge in [-0.05, 0) is 42.0 Å². The minimum Gasteiger partial charge on any atom is -0.452 e. The van der Waals surface area contributed by atoms with Crippen molar-refractivity contribution in [3.8, 4) is 0 Å². The number of rotatable bonds is 6. The minimum atomic E-state index is -0.492. The van der Waals surface area contributed by atoms with Crippen LogP contribution in [0.1, 0.15) is 67.2 Å². The average Bonchev–Trinajstić information content (AvgIpc) is 2.64. The summed E-state index contributed by atoms with van der Waals surface area (Å²) >= 11 is 0. The second-order valence-corrected chi connectivity index (χ2v) is 7.84. The molecule has 2 aromatic carbocycles. The Labute approximate surface area is 161 Å². The van der Waals surface area contributed by atoms with Crippen molar-refractivity contribution in [1.82, 2.24) is 5.32 Å². The standard InChI is InChI=1S/C23H29NO3/c1-6-20(17-9-7-16(2)8-10-17)24-21(25)15-27-22(26)18-11-13-19(14-12-18)23(3,4)5/h7-14,20H,6,15H2,1-5H3,(H,24,25)/t20-/m1/s1. The van der Waals surface area contributed by atoms with E-state index in [9.17, 15) is 9.59 Å². The number of amides is 1. The summed E-state index contributed by atoms with van der Waals surface area (Å²) in [4.78, 5) is 24.4. The first-order valence-electron chi connectivity index (χ1n) is 9.34. The highest BCUT2D eigenvalue weighted by atomic mass is 16.5. The van der Waals surface area contributed by atoms with Gasteiger partial charge in [-0.3, -0.25) is 4.79 Å². The van der Waals surface area contributed by atoms with Gasteiger partial charge in [0.2, 0.25) is 0 Å². The van der Waals surface area contributed by atoms with E-state index in [1.54, 1.807) is 12.1 Å². The summed E-state index contributed by atoms with van der Waals surface area (Å²) in [6, 6.07) is 15.3. The van der Waals surface area contributed by atoms with Crippen LogP contribution in [0.2, 0.25) is 0 Å². The lowest BCUT2D eigenvalue weighted by atomic mass is 9.87. The second kappa shape index (κ2) is 8.85. The number of aryl methyl sites for hydroxylation is 1. The topological polar surface area (TPSA) is 55.4 Å². The molecule has 2 aromatic rings. The summed E-state index contributed by atoms with van der Waals surface area (Å²) in [5, 5.41) is 2.92. The predicted molar refractivity (Wildman–Crippen MR) is 108 cm³/mol. The predicted octanol–water partition coefficient (Wildman–Crippen LogP) is 4.72. The number of hydrogen-bond acceptors (Lipinski definition) is 3. The Morgan fingerprint density at radius 1 is 1.00 bits per heavy atom. The van der Waals surface area contributed by atoms with Crippen molar-refractivity contribution in [3.63, 3.8) is 0 Å². The molecule has 144 valence electrons. The maximum atomic E-state index is 12.2. The SMILES string of the molecule is CC[C@@H](NC(=O)COC(=O)c1ccc(C(C)(C)C)cc1)c1ccc(C)cc1. The number of benzene rings is 2. The summed E-state index contributed by atoms with van der Waals surface area (Å²) in [6.45, 7) is 10.1. The first kappa shape index (κ1) is 20.7. The summed E-state index contributed by atoms with van der Waals surface area (Å²) in [5.74, 6) is -0.795. The zero-order chi connectivity index (χ0) is 20.0. The van der Waals surface area contributed by atoms with Crippen LogP contribution in [0.15, 0.2) is 48.5 Å². The van der Waals surface area contributed by atoms with Gasteiger partial charge in [-0.15, -0.1) is 0 Å². The molecule has 27 heavy (non-hydrogen) atoms. The van der Waals surface area contributed by atoms with Crippen LogP contribution >= 0.6 is 0 Å². The quantitative estimate of drug-likeness (QED) is 0.752. The van der Waals surface area contributed by atoms with Gasteiger partial charge < -0.3 is 10.1 Å². The molecule has 4 heteroatoms. The zero-order valence-electron chi connectivity index (χ0n) is 16.8. The van der Waals surface area contributed by atoms with E-state index in [4.69, 9.17) is 4.74 Å². The number of nitrogens with one attached hydrogen (secondary N) is 1. The fourth-order valence-electron chi connectivity index (χ4n) is 2.78. The third kappa shape index (κ3) is 5.95. The summed E-state index contributed by atoms with van der Waals surface area (Å²) in [5.41, 5.74) is 3.82. The average molecular weight is 367 g/mol. The van der Waals surface area contributed by atoms with Gasteiger partial charge in [0.1, 0.15) is 0 Å². The molecule has 2 rings (SSSR count). The Balaban J connectivity index is 1.90. The van der Waals surface area contributed by atoms with E-state index >= 15 is 0 Å². The molecule has 4 nitrogen and oxygen atoms in total. The molecular formula is C23H29NO3. The highest BCUT2D eigenvalue weighted by Gasteiger charge is 2.17. The van der Waals surface area contributed by atoms with E-state index in [1.165, 1.54) is 5.56 Å². The van der Waals surface area contributed by atoms with E-state index in [0.29, 0.717) is 5.56 Å². The van der Waals surface area contributed by atoms with Gasteiger partial charge in [0.15, 0.2) is 6.61 Å². The molecule has 0 spiro atoms. The van der Waals surface area contributed by atoms with E-state index in [0.717, 1.165) is 17.5 Å². The molecule has 1 atom stereocenters. The van der Waals surface area contributed by atoms with Gasteiger partial charge in [-0.2, -0.15) is 0 Å². The van der Waals surface area contributed by atoms with Gasteiger partial charge in [-0.1, -0.05) is 69.7 Å². The smallest absolute Gasteiger partial charge is 0.338 e. The first-order chi connectivity index (χ1) is 12.7. The molecule has 1 N–H and O–H groups in total. The van der Waals surface area contributed by atoms with Crippen molar-refractivity contribution in [2.45, 2.75) is 52.5 Å². The van der Waals surface area contributed by atoms with E-state index < -0.39 is 5.97 Å². The zero-order valence-corrected chi connectivity index (χ0v) is 16.8. The lowest BCUT2D eigenvalue weighted by Gasteiger charge is -2.19. The van der Waals surface area contributed by atoms with Crippen LogP contribution in [0.3, 0.4) is 0 Å². The molecule has 0 bridgehead atoms. The van der Waals surface area contributed by atoms with Gasteiger partial charge in [0.05, 0.1) is 11.6 Å². The summed E-state index contributed by atoms with van der Waals surface area (Å²) < 4.78 is 5.16. The van der Waals surface area contributed by atoms with Crippen molar-refractivity contribution in [3.05, 3.63) is 70.8 Å². The summed E-state index contributed by atoms with van der Waals surface area (Å²) in [7, 11) is 0. The van der Waals surface area contributed by atoms with Crippen LogP contribution < -0.4 is 5.32 Å². The molecule has 0 saturated carbocycles. The van der Waals surface area contributed by atoms with Crippen LogP contribution in [0.4, 0.5) is 0 Å². The van der Waals surface area contributed by atoms with E-state index in [1.807, 2.05) is 50.2 Å². The van der Waals surface area contributed by atoms with Crippen molar-refractivity contribution in [2.24, 2.45) is 0 Å². The largest absolute Gasteiger partial charge is 0.452 e. The van der Waals surface area contributed by atoms with Crippen LogP contribution in [-0.4, -0.2) is 18.5 Å². The molecule has 0 unspecified atom stereocenters. The molecule has 0 aliphatic heterocycles. The number of ether oxygens (including phenoxy) is 1. The van der Waals surface area contributed by atoms with E-state index in [-0.39, 0.29) is 24.0 Å². The van der Waals surface area contributed by atoms with Crippen LogP contribution in [0.5, 0.6) is 0 Å². The van der Waals surface area contributed by atoms with Crippen LogP contribution in [0, 0.1) is 6.92 Å². The number of hydrogen-bond donors (Lipinski definition) is 1. The van der Waals surface area contributed by atoms with E-state index in [2.05, 4.69) is 26.1 Å². The maximum Gasteiger partial charge on any atom is 0.338 e. The van der Waals surface area contributed by atoms with Crippen molar-refractivity contribution in [2.75, 3.05) is 6.61 Å². The normalized spacial score (nSPS) is 12.3. The Bertz CT molecular complexity index is 771. The highest BCUT2D eigenvalue weighted by Crippen LogP contribution is 2.22. The number of carbonyl (C=O) groups is 2. The highest BCUT2D eigenvalue weighted by molar-refractivity contribution is 5.91. The second-order valence-electron chi connectivity index (χ2n) is 7.84. The maximum absolute atomic E-state index is 12.2. The fraction of sp³-hybridized carbons (Fsp3) is 0.391. The van der Waals surface area contributed by atoms with Crippen molar-refractivity contribution in [1.29, 1.82) is 0 Å². The van der Waals surface area contributed by atoms with Crippen LogP contribution in [0.25, 0.3) is 0 Å². The van der Waals surface area contributed by atoms with Crippen molar-refractivity contribution >= 4 is 11.9 Å². The Morgan fingerprint density at radius 3 is 2.11 bits per heavy atom. The number of esters is 1.